The summed E-state index contributed by atoms with van der Waals surface area (Å²) in [6, 6.07) is 0. The monoisotopic (exact) mass is 153 g/mol. The summed E-state index contributed by atoms with van der Waals surface area (Å²) in [5, 5.41) is 3.14. The molecule has 0 saturated carbocycles. The van der Waals surface area contributed by atoms with Crippen LogP contribution < -0.4 is 5.09 Å². The SMILES string of the molecule is CCCNPP(C)O. The molecule has 0 aliphatic rings. The second-order valence-electron chi connectivity index (χ2n) is 1.56. The summed E-state index contributed by atoms with van der Waals surface area (Å²) in [5.41, 5.74) is 0. The fraction of sp³-hybridized carbons (Fsp3) is 1.00. The molecule has 50 valence electrons. The van der Waals surface area contributed by atoms with Crippen LogP contribution in [0.5, 0.6) is 0 Å². The Bertz CT molecular complexity index is 51.3. The maximum atomic E-state index is 8.79. The summed E-state index contributed by atoms with van der Waals surface area (Å²) in [7, 11) is -0.130. The first-order valence-corrected chi connectivity index (χ1v) is 6.26. The Morgan fingerprint density at radius 1 is 1.75 bits per heavy atom. The van der Waals surface area contributed by atoms with Crippen LogP contribution in [0.4, 0.5) is 0 Å². The molecule has 0 radical (unpaired) electrons. The van der Waals surface area contributed by atoms with E-state index >= 15 is 0 Å². The minimum atomic E-state index is -0.695. The molecule has 2 atom stereocenters. The van der Waals surface area contributed by atoms with Crippen LogP contribution in [-0.2, 0) is 0 Å². The highest BCUT2D eigenvalue weighted by Crippen LogP contribution is 2.44. The summed E-state index contributed by atoms with van der Waals surface area (Å²) in [6.45, 7) is 5.01. The molecule has 8 heavy (non-hydrogen) atoms. The van der Waals surface area contributed by atoms with Gasteiger partial charge in [0.25, 0.3) is 0 Å². The molecular formula is C4H13NOP2. The lowest BCUT2D eigenvalue weighted by Gasteiger charge is -2.03. The van der Waals surface area contributed by atoms with Gasteiger partial charge in [0.2, 0.25) is 0 Å². The van der Waals surface area contributed by atoms with Crippen molar-refractivity contribution in [1.82, 2.24) is 5.09 Å². The molecule has 0 aromatic heterocycles. The second-order valence-corrected chi connectivity index (χ2v) is 5.80. The second kappa shape index (κ2) is 5.91. The van der Waals surface area contributed by atoms with Gasteiger partial charge in [0.05, 0.1) is 7.84 Å². The van der Waals surface area contributed by atoms with E-state index in [1.54, 1.807) is 0 Å². The van der Waals surface area contributed by atoms with Crippen LogP contribution in [0.25, 0.3) is 0 Å². The van der Waals surface area contributed by atoms with Crippen molar-refractivity contribution in [1.29, 1.82) is 0 Å². The third-order valence-corrected chi connectivity index (χ3v) is 2.79. The van der Waals surface area contributed by atoms with Crippen LogP contribution >= 0.6 is 16.3 Å². The third kappa shape index (κ3) is 6.78. The molecule has 0 aromatic rings. The van der Waals surface area contributed by atoms with Crippen molar-refractivity contribution >= 4 is 16.3 Å². The summed E-state index contributed by atoms with van der Waals surface area (Å²) >= 11 is 0. The molecule has 2 nitrogen and oxygen atoms in total. The molecule has 2 unspecified atom stereocenters. The van der Waals surface area contributed by atoms with Crippen LogP contribution in [0.15, 0.2) is 0 Å². The Hall–Kier alpha value is 0.780. The standard InChI is InChI=1S/C4H13NOP2/c1-3-4-5-7-8(2)6/h5-7H,3-4H2,1-2H3. The molecule has 0 saturated heterocycles. The zero-order chi connectivity index (χ0) is 6.41. The lowest BCUT2D eigenvalue weighted by molar-refractivity contribution is 0.645. The molecule has 0 amide bonds. The molecule has 0 rings (SSSR count). The molecule has 4 heteroatoms. The van der Waals surface area contributed by atoms with Crippen molar-refractivity contribution in [3.63, 3.8) is 0 Å². The molecule has 0 aliphatic heterocycles. The fourth-order valence-electron chi connectivity index (χ4n) is 0.295. The number of nitrogens with one attached hydrogen (secondary N) is 1. The van der Waals surface area contributed by atoms with Crippen molar-refractivity contribution in [2.45, 2.75) is 13.3 Å². The molecular weight excluding hydrogens is 140 g/mol. The summed E-state index contributed by atoms with van der Waals surface area (Å²) in [5.74, 6) is 0. The zero-order valence-corrected chi connectivity index (χ0v) is 7.20. The van der Waals surface area contributed by atoms with Gasteiger partial charge in [0.1, 0.15) is 0 Å². The van der Waals surface area contributed by atoms with E-state index in [-0.39, 0.29) is 0 Å². The van der Waals surface area contributed by atoms with E-state index in [4.69, 9.17) is 4.89 Å². The molecule has 0 spiro atoms. The fourth-order valence-corrected chi connectivity index (χ4v) is 1.91. The average molecular weight is 153 g/mol. The highest BCUT2D eigenvalue weighted by Gasteiger charge is 1.90. The third-order valence-electron chi connectivity index (χ3n) is 0.616. The number of rotatable bonds is 4. The Morgan fingerprint density at radius 2 is 2.38 bits per heavy atom. The Balaban J connectivity index is 2.72. The van der Waals surface area contributed by atoms with E-state index in [9.17, 15) is 0 Å². The van der Waals surface area contributed by atoms with Gasteiger partial charge in [-0.1, -0.05) is 6.92 Å². The van der Waals surface area contributed by atoms with E-state index < -0.39 is 7.84 Å². The van der Waals surface area contributed by atoms with Crippen LogP contribution in [0.2, 0.25) is 0 Å². The van der Waals surface area contributed by atoms with Crippen LogP contribution in [0, 0.1) is 0 Å². The Morgan fingerprint density at radius 3 is 2.75 bits per heavy atom. The van der Waals surface area contributed by atoms with E-state index in [1.165, 1.54) is 0 Å². The highest BCUT2D eigenvalue weighted by molar-refractivity contribution is 8.17. The maximum Gasteiger partial charge on any atom is 0.0580 e. The topological polar surface area (TPSA) is 32.3 Å². The largest absolute Gasteiger partial charge is 0.369 e. The predicted molar refractivity (Wildman–Crippen MR) is 41.7 cm³/mol. The molecule has 0 bridgehead atoms. The lowest BCUT2D eigenvalue weighted by Crippen LogP contribution is -1.99. The van der Waals surface area contributed by atoms with Gasteiger partial charge in [-0.3, -0.25) is 5.09 Å². The smallest absolute Gasteiger partial charge is 0.0580 e. The quantitative estimate of drug-likeness (QED) is 0.474. The van der Waals surface area contributed by atoms with Crippen molar-refractivity contribution in [2.24, 2.45) is 0 Å². The Kier molecular flexibility index (Phi) is 6.48. The van der Waals surface area contributed by atoms with E-state index in [2.05, 4.69) is 12.0 Å². The minimum Gasteiger partial charge on any atom is -0.369 e. The molecule has 0 aliphatic carbocycles. The van der Waals surface area contributed by atoms with Gasteiger partial charge in [0.15, 0.2) is 0 Å². The van der Waals surface area contributed by atoms with Crippen molar-refractivity contribution in [3.05, 3.63) is 0 Å². The maximum absolute atomic E-state index is 8.79. The van der Waals surface area contributed by atoms with Crippen LogP contribution in [-0.4, -0.2) is 18.1 Å². The predicted octanol–water partition coefficient (Wildman–Crippen LogP) is 1.51. The summed E-state index contributed by atoms with van der Waals surface area (Å²) in [6.07, 6.45) is 1.15. The van der Waals surface area contributed by atoms with Crippen molar-refractivity contribution in [2.75, 3.05) is 13.2 Å². The minimum absolute atomic E-state index is 0.566. The zero-order valence-electron chi connectivity index (χ0n) is 5.31. The Labute approximate surface area is 53.6 Å². The first kappa shape index (κ1) is 8.78. The van der Waals surface area contributed by atoms with E-state index in [1.807, 2.05) is 6.66 Å². The molecule has 0 heterocycles. The van der Waals surface area contributed by atoms with Crippen molar-refractivity contribution < 1.29 is 4.89 Å². The van der Waals surface area contributed by atoms with Gasteiger partial charge in [-0.15, -0.1) is 0 Å². The van der Waals surface area contributed by atoms with E-state index in [0.717, 1.165) is 13.0 Å². The van der Waals surface area contributed by atoms with Gasteiger partial charge in [0, 0.05) is 8.42 Å². The summed E-state index contributed by atoms with van der Waals surface area (Å²) < 4.78 is 0. The number of hydrogen-bond acceptors (Lipinski definition) is 2. The molecule has 0 fully saturated rings. The van der Waals surface area contributed by atoms with Crippen molar-refractivity contribution in [3.8, 4) is 0 Å². The van der Waals surface area contributed by atoms with Crippen LogP contribution in [0.1, 0.15) is 13.3 Å². The normalized spacial score (nSPS) is 15.4. The molecule has 2 N–H and O–H groups in total. The number of hydrogen-bond donors (Lipinski definition) is 2. The summed E-state index contributed by atoms with van der Waals surface area (Å²) in [4.78, 5) is 8.79. The van der Waals surface area contributed by atoms with Gasteiger partial charge >= 0.3 is 0 Å². The van der Waals surface area contributed by atoms with Gasteiger partial charge in [-0.05, 0) is 19.6 Å². The van der Waals surface area contributed by atoms with Gasteiger partial charge < -0.3 is 4.89 Å². The lowest BCUT2D eigenvalue weighted by atomic mass is 10.5. The highest BCUT2D eigenvalue weighted by atomic mass is 32.1. The first-order valence-electron chi connectivity index (χ1n) is 2.68. The first-order chi connectivity index (χ1) is 3.77. The van der Waals surface area contributed by atoms with Crippen LogP contribution in [0.3, 0.4) is 0 Å². The van der Waals surface area contributed by atoms with Gasteiger partial charge in [-0.25, -0.2) is 0 Å². The average Bonchev–Trinajstić information content (AvgIpc) is 1.66. The van der Waals surface area contributed by atoms with Gasteiger partial charge in [-0.2, -0.15) is 0 Å². The molecule has 0 aromatic carbocycles. The van der Waals surface area contributed by atoms with E-state index in [0.29, 0.717) is 8.42 Å².